The average Bonchev–Trinajstić information content (AvgIpc) is 2.99. The molecule has 1 aliphatic heterocycles. The maximum atomic E-state index is 12.2. The minimum Gasteiger partial charge on any atom is -0.483 e. The van der Waals surface area contributed by atoms with Gasteiger partial charge in [0, 0.05) is 18.2 Å². The first-order valence-corrected chi connectivity index (χ1v) is 11.1. The molecule has 0 aromatic heterocycles. The first kappa shape index (κ1) is 20.4. The lowest BCUT2D eigenvalue weighted by atomic mass is 10.0. The molecule has 0 spiro atoms. The molecule has 2 aromatic carbocycles. The molecule has 1 heterocycles. The van der Waals surface area contributed by atoms with Gasteiger partial charge in [0.25, 0.3) is 5.91 Å². The van der Waals surface area contributed by atoms with Crippen molar-refractivity contribution in [3.63, 3.8) is 0 Å². The predicted molar refractivity (Wildman–Crippen MR) is 110 cm³/mol. The second-order valence-corrected chi connectivity index (χ2v) is 9.61. The molecule has 28 heavy (non-hydrogen) atoms. The number of ether oxygens (including phenoxy) is 1. The van der Waals surface area contributed by atoms with E-state index in [1.54, 1.807) is 0 Å². The topological polar surface area (TPSA) is 75.7 Å². The van der Waals surface area contributed by atoms with E-state index in [1.165, 1.54) is 0 Å². The fraction of sp³-hybridized carbons (Fsp3) is 0.381. The molecule has 0 saturated carbocycles. The Morgan fingerprint density at radius 1 is 1.14 bits per heavy atom. The van der Waals surface area contributed by atoms with Crippen molar-refractivity contribution in [1.29, 1.82) is 0 Å². The van der Waals surface area contributed by atoms with Crippen molar-refractivity contribution >= 4 is 15.7 Å². The van der Waals surface area contributed by atoms with Gasteiger partial charge in [0.1, 0.15) is 5.75 Å². The van der Waals surface area contributed by atoms with Gasteiger partial charge < -0.3 is 15.0 Å². The van der Waals surface area contributed by atoms with Gasteiger partial charge in [-0.25, -0.2) is 8.42 Å². The van der Waals surface area contributed by atoms with Gasteiger partial charge in [-0.3, -0.25) is 4.79 Å². The summed E-state index contributed by atoms with van der Waals surface area (Å²) < 4.78 is 28.8. The summed E-state index contributed by atoms with van der Waals surface area (Å²) >= 11 is 0. The Balaban J connectivity index is 1.67. The molecule has 1 N–H and O–H groups in total. The average molecular weight is 403 g/mol. The lowest BCUT2D eigenvalue weighted by molar-refractivity contribution is -0.123. The van der Waals surface area contributed by atoms with Crippen LogP contribution in [0.5, 0.6) is 5.75 Å². The van der Waals surface area contributed by atoms with Gasteiger partial charge in [0.05, 0.1) is 11.5 Å². The summed E-state index contributed by atoms with van der Waals surface area (Å²) in [6.07, 6.45) is 0.464. The molecule has 3 rings (SSSR count). The molecule has 1 unspecified atom stereocenters. The number of rotatable bonds is 7. The minimum absolute atomic E-state index is 0.0103. The van der Waals surface area contributed by atoms with Gasteiger partial charge >= 0.3 is 0 Å². The van der Waals surface area contributed by atoms with Crippen LogP contribution in [-0.4, -0.2) is 57.5 Å². The van der Waals surface area contributed by atoms with Crippen molar-refractivity contribution in [3.8, 4) is 16.9 Å². The number of carbonyl (C=O) groups is 1. The summed E-state index contributed by atoms with van der Waals surface area (Å²) in [7, 11) is 0.936. The van der Waals surface area contributed by atoms with Crippen LogP contribution >= 0.6 is 0 Å². The third kappa shape index (κ3) is 5.56. The zero-order valence-electron chi connectivity index (χ0n) is 16.2. The van der Waals surface area contributed by atoms with Crippen LogP contribution in [0.4, 0.5) is 0 Å². The van der Waals surface area contributed by atoms with Gasteiger partial charge in [-0.05, 0) is 43.8 Å². The number of hydrogen-bond donors (Lipinski definition) is 1. The highest BCUT2D eigenvalue weighted by Crippen LogP contribution is 2.27. The van der Waals surface area contributed by atoms with E-state index in [1.807, 2.05) is 49.3 Å². The van der Waals surface area contributed by atoms with E-state index >= 15 is 0 Å². The molecule has 0 radical (unpaired) electrons. The number of benzene rings is 2. The maximum Gasteiger partial charge on any atom is 0.258 e. The Hall–Kier alpha value is -2.38. The summed E-state index contributed by atoms with van der Waals surface area (Å²) in [5.74, 6) is 0.496. The summed E-state index contributed by atoms with van der Waals surface area (Å²) in [5, 5.41) is 2.75. The Labute approximate surface area is 166 Å². The monoisotopic (exact) mass is 402 g/mol. The Morgan fingerprint density at radius 2 is 1.89 bits per heavy atom. The van der Waals surface area contributed by atoms with Crippen LogP contribution in [-0.2, 0) is 21.2 Å². The molecular weight excluding hydrogens is 376 g/mol. The van der Waals surface area contributed by atoms with E-state index in [9.17, 15) is 13.2 Å². The van der Waals surface area contributed by atoms with E-state index in [4.69, 9.17) is 4.74 Å². The van der Waals surface area contributed by atoms with Crippen LogP contribution < -0.4 is 10.1 Å². The highest BCUT2D eigenvalue weighted by Gasteiger charge is 2.28. The molecule has 0 bridgehead atoms. The molecule has 2 aromatic rings. The SMILES string of the molecule is CN(C)Cc1cc(-c2ccccc2)ccc1OCC(=O)NC1CCS(=O)(=O)C1. The molecule has 6 nitrogen and oxygen atoms in total. The van der Waals surface area contributed by atoms with Crippen molar-refractivity contribution in [1.82, 2.24) is 10.2 Å². The highest BCUT2D eigenvalue weighted by atomic mass is 32.2. The highest BCUT2D eigenvalue weighted by molar-refractivity contribution is 7.91. The fourth-order valence-corrected chi connectivity index (χ4v) is 4.99. The third-order valence-electron chi connectivity index (χ3n) is 4.61. The number of nitrogens with one attached hydrogen (secondary N) is 1. The van der Waals surface area contributed by atoms with Gasteiger partial charge in [-0.1, -0.05) is 36.4 Å². The molecule has 0 aliphatic carbocycles. The van der Waals surface area contributed by atoms with Crippen LogP contribution in [0.3, 0.4) is 0 Å². The second kappa shape index (κ2) is 8.75. The second-order valence-electron chi connectivity index (χ2n) is 7.38. The van der Waals surface area contributed by atoms with Gasteiger partial charge in [-0.2, -0.15) is 0 Å². The van der Waals surface area contributed by atoms with Crippen molar-refractivity contribution in [2.45, 2.75) is 19.0 Å². The molecule has 1 fully saturated rings. The van der Waals surface area contributed by atoms with Gasteiger partial charge in [0.2, 0.25) is 0 Å². The largest absolute Gasteiger partial charge is 0.483 e. The van der Waals surface area contributed by atoms with Crippen LogP contribution in [0.1, 0.15) is 12.0 Å². The van der Waals surface area contributed by atoms with Crippen molar-refractivity contribution in [3.05, 3.63) is 54.1 Å². The van der Waals surface area contributed by atoms with E-state index in [-0.39, 0.29) is 30.1 Å². The molecule has 1 atom stereocenters. The first-order chi connectivity index (χ1) is 13.3. The normalized spacial score (nSPS) is 18.2. The summed E-state index contributed by atoms with van der Waals surface area (Å²) in [4.78, 5) is 14.2. The minimum atomic E-state index is -3.02. The van der Waals surface area contributed by atoms with Crippen molar-refractivity contribution in [2.24, 2.45) is 0 Å². The van der Waals surface area contributed by atoms with E-state index in [0.29, 0.717) is 18.7 Å². The number of carbonyl (C=O) groups excluding carboxylic acids is 1. The number of amides is 1. The Kier molecular flexibility index (Phi) is 6.36. The fourth-order valence-electron chi connectivity index (χ4n) is 3.32. The smallest absolute Gasteiger partial charge is 0.258 e. The van der Waals surface area contributed by atoms with E-state index < -0.39 is 9.84 Å². The molecule has 1 saturated heterocycles. The number of nitrogens with zero attached hydrogens (tertiary/aromatic N) is 1. The molecule has 1 amide bonds. The molecule has 1 aliphatic rings. The summed E-state index contributed by atoms with van der Waals surface area (Å²) in [6, 6.07) is 15.7. The van der Waals surface area contributed by atoms with Crippen LogP contribution in [0.15, 0.2) is 48.5 Å². The maximum absolute atomic E-state index is 12.2. The Morgan fingerprint density at radius 3 is 2.54 bits per heavy atom. The summed E-state index contributed by atoms with van der Waals surface area (Å²) in [5.41, 5.74) is 3.20. The zero-order chi connectivity index (χ0) is 20.1. The van der Waals surface area contributed by atoms with E-state index in [2.05, 4.69) is 23.5 Å². The summed E-state index contributed by atoms with van der Waals surface area (Å²) in [6.45, 7) is 0.542. The molecular formula is C21H26N2O4S. The quantitative estimate of drug-likeness (QED) is 0.768. The van der Waals surface area contributed by atoms with Crippen LogP contribution in [0, 0.1) is 0 Å². The van der Waals surface area contributed by atoms with E-state index in [0.717, 1.165) is 16.7 Å². The lowest BCUT2D eigenvalue weighted by Crippen LogP contribution is -2.38. The Bertz CT molecular complexity index is 927. The zero-order valence-corrected chi connectivity index (χ0v) is 17.0. The lowest BCUT2D eigenvalue weighted by Gasteiger charge is -2.17. The van der Waals surface area contributed by atoms with Crippen LogP contribution in [0.25, 0.3) is 11.1 Å². The van der Waals surface area contributed by atoms with Crippen molar-refractivity contribution < 1.29 is 17.9 Å². The van der Waals surface area contributed by atoms with Gasteiger partial charge in [-0.15, -0.1) is 0 Å². The first-order valence-electron chi connectivity index (χ1n) is 9.28. The number of hydrogen-bond acceptors (Lipinski definition) is 5. The predicted octanol–water partition coefficient (Wildman–Crippen LogP) is 2.10. The third-order valence-corrected chi connectivity index (χ3v) is 6.38. The standard InChI is InChI=1S/C21H26N2O4S/c1-23(2)13-18-12-17(16-6-4-3-5-7-16)8-9-20(18)27-14-21(24)22-19-10-11-28(25,26)15-19/h3-9,12,19H,10-11,13-15H2,1-2H3,(H,22,24). The molecule has 150 valence electrons. The van der Waals surface area contributed by atoms with Crippen molar-refractivity contribution in [2.75, 3.05) is 32.2 Å². The molecule has 7 heteroatoms. The van der Waals surface area contributed by atoms with Gasteiger partial charge in [0.15, 0.2) is 16.4 Å². The van der Waals surface area contributed by atoms with Crippen LogP contribution in [0.2, 0.25) is 0 Å². The number of sulfone groups is 1.